The van der Waals surface area contributed by atoms with Crippen LogP contribution in [0.4, 0.5) is 0 Å². The second kappa shape index (κ2) is 7.49. The topological polar surface area (TPSA) is 50.1 Å². The number of ether oxygens (including phenoxy) is 1. The number of hydrogen-bond donors (Lipinski definition) is 0. The minimum atomic E-state index is -0.550. The molecule has 0 aliphatic rings. The van der Waals surface area contributed by atoms with Gasteiger partial charge >= 0.3 is 5.97 Å². The van der Waals surface area contributed by atoms with E-state index in [-0.39, 0.29) is 12.4 Å². The maximum Gasteiger partial charge on any atom is 0.306 e. The van der Waals surface area contributed by atoms with Crippen molar-refractivity contribution in [2.45, 2.75) is 45.1 Å². The Labute approximate surface area is 143 Å². The highest BCUT2D eigenvalue weighted by Gasteiger charge is 2.22. The normalized spacial score (nSPS) is 12.6. The van der Waals surface area contributed by atoms with E-state index in [2.05, 4.69) is 22.0 Å². The summed E-state index contributed by atoms with van der Waals surface area (Å²) in [6, 6.07) is 5.51. The predicted octanol–water partition coefficient (Wildman–Crippen LogP) is 5.48. The van der Waals surface area contributed by atoms with Crippen LogP contribution in [0.5, 0.6) is 0 Å². The Kier molecular flexibility index (Phi) is 6.52. The minimum Gasteiger partial charge on any atom is -0.460 e. The largest absolute Gasteiger partial charge is 0.460 e. The van der Waals surface area contributed by atoms with Gasteiger partial charge in [0, 0.05) is 26.5 Å². The smallest absolute Gasteiger partial charge is 0.306 e. The minimum absolute atomic E-state index is 0.137. The van der Waals surface area contributed by atoms with Crippen LogP contribution in [0.25, 0.3) is 0 Å². The lowest BCUT2D eigenvalue weighted by Crippen LogP contribution is -2.24. The molecule has 0 saturated carbocycles. The summed E-state index contributed by atoms with van der Waals surface area (Å²) in [5.41, 5.74) is 0.0131. The number of esters is 1. The van der Waals surface area contributed by atoms with E-state index in [1.54, 1.807) is 32.9 Å². The predicted molar refractivity (Wildman–Crippen MR) is 87.6 cm³/mol. The Morgan fingerprint density at radius 2 is 1.90 bits per heavy atom. The third-order valence-corrected chi connectivity index (χ3v) is 3.69. The van der Waals surface area contributed by atoms with Crippen molar-refractivity contribution in [1.82, 2.24) is 0 Å². The van der Waals surface area contributed by atoms with Gasteiger partial charge in [-0.3, -0.25) is 4.79 Å². The molecule has 0 heterocycles. The molecule has 0 aliphatic heterocycles. The van der Waals surface area contributed by atoms with Crippen molar-refractivity contribution in [3.63, 3.8) is 0 Å². The summed E-state index contributed by atoms with van der Waals surface area (Å²) in [6.45, 7) is 5.40. The second-order valence-electron chi connectivity index (χ2n) is 5.59. The summed E-state index contributed by atoms with van der Waals surface area (Å²) in [6.07, 6.45) is 0.449. The number of nitriles is 1. The van der Waals surface area contributed by atoms with Crippen molar-refractivity contribution in [2.75, 3.05) is 0 Å². The van der Waals surface area contributed by atoms with Gasteiger partial charge in [-0.05, 0) is 39.3 Å². The summed E-state index contributed by atoms with van der Waals surface area (Å²) >= 11 is 15.6. The van der Waals surface area contributed by atoms with Crippen molar-refractivity contribution in [3.05, 3.63) is 32.2 Å². The lowest BCUT2D eigenvalue weighted by Gasteiger charge is -2.20. The molecule has 1 unspecified atom stereocenters. The molecule has 0 spiro atoms. The van der Waals surface area contributed by atoms with E-state index < -0.39 is 11.5 Å². The molecular formula is C15H16BrCl2NO2. The quantitative estimate of drug-likeness (QED) is 0.637. The first-order chi connectivity index (χ1) is 9.64. The third-order valence-electron chi connectivity index (χ3n) is 2.61. The van der Waals surface area contributed by atoms with Gasteiger partial charge in [0.15, 0.2) is 0 Å². The van der Waals surface area contributed by atoms with E-state index in [0.29, 0.717) is 22.0 Å². The summed E-state index contributed by atoms with van der Waals surface area (Å²) in [5.74, 6) is -0.891. The molecule has 0 bridgehead atoms. The highest BCUT2D eigenvalue weighted by molar-refractivity contribution is 9.10. The second-order valence-corrected chi connectivity index (χ2v) is 7.32. The molecule has 6 heteroatoms. The van der Waals surface area contributed by atoms with Crippen LogP contribution in [0.3, 0.4) is 0 Å². The van der Waals surface area contributed by atoms with Gasteiger partial charge in [0.1, 0.15) is 5.60 Å². The number of benzene rings is 1. The van der Waals surface area contributed by atoms with Crippen molar-refractivity contribution in [1.29, 1.82) is 5.26 Å². The van der Waals surface area contributed by atoms with Crippen molar-refractivity contribution >= 4 is 45.1 Å². The molecule has 1 aromatic rings. The molecule has 0 amide bonds. The average molecular weight is 393 g/mol. The maximum atomic E-state index is 11.7. The Morgan fingerprint density at radius 1 is 1.38 bits per heavy atom. The van der Waals surface area contributed by atoms with Crippen LogP contribution in [0, 0.1) is 11.3 Å². The van der Waals surface area contributed by atoms with E-state index in [1.165, 1.54) is 0 Å². The van der Waals surface area contributed by atoms with E-state index in [9.17, 15) is 10.1 Å². The molecule has 0 radical (unpaired) electrons. The summed E-state index contributed by atoms with van der Waals surface area (Å²) < 4.78 is 5.97. The molecule has 3 nitrogen and oxygen atoms in total. The maximum absolute atomic E-state index is 11.7. The van der Waals surface area contributed by atoms with Crippen LogP contribution < -0.4 is 0 Å². The van der Waals surface area contributed by atoms with Crippen molar-refractivity contribution in [2.24, 2.45) is 0 Å². The first-order valence-corrected chi connectivity index (χ1v) is 7.95. The van der Waals surface area contributed by atoms with Gasteiger partial charge in [-0.15, -0.1) is 0 Å². The Hall–Kier alpha value is -0.760. The standard InChI is InChI=1S/C15H16BrCl2NO2/c1-15(2,3)21-13(20)5-4-9(8-19)14-11(17)6-10(16)7-12(14)18/h6-7,9H,4-5H2,1-3H3. The van der Waals surface area contributed by atoms with Gasteiger partial charge in [0.2, 0.25) is 0 Å². The fraction of sp³-hybridized carbons (Fsp3) is 0.467. The van der Waals surface area contributed by atoms with E-state index in [0.717, 1.165) is 4.47 Å². The fourth-order valence-electron chi connectivity index (χ4n) is 1.81. The first-order valence-electron chi connectivity index (χ1n) is 6.40. The number of carbonyl (C=O) groups is 1. The first kappa shape index (κ1) is 18.3. The van der Waals surface area contributed by atoms with E-state index in [1.807, 2.05) is 0 Å². The Balaban J connectivity index is 2.82. The molecule has 1 atom stereocenters. The molecule has 114 valence electrons. The molecule has 0 aromatic heterocycles. The van der Waals surface area contributed by atoms with Gasteiger partial charge in [0.25, 0.3) is 0 Å². The summed E-state index contributed by atoms with van der Waals surface area (Å²) in [4.78, 5) is 11.7. The lowest BCUT2D eigenvalue weighted by atomic mass is 9.95. The van der Waals surface area contributed by atoms with Gasteiger partial charge in [-0.25, -0.2) is 0 Å². The molecule has 0 fully saturated rings. The SMILES string of the molecule is CC(C)(C)OC(=O)CCC(C#N)c1c(Cl)cc(Br)cc1Cl. The zero-order valence-corrected chi connectivity index (χ0v) is 15.1. The van der Waals surface area contributed by atoms with Gasteiger partial charge in [0.05, 0.1) is 12.0 Å². The molecular weight excluding hydrogens is 377 g/mol. The monoisotopic (exact) mass is 391 g/mol. The molecule has 0 saturated heterocycles. The fourth-order valence-corrected chi connectivity index (χ4v) is 3.29. The van der Waals surface area contributed by atoms with Gasteiger partial charge < -0.3 is 4.74 Å². The summed E-state index contributed by atoms with van der Waals surface area (Å²) in [5, 5.41) is 10.1. The third kappa shape index (κ3) is 5.86. The summed E-state index contributed by atoms with van der Waals surface area (Å²) in [7, 11) is 0. The molecule has 21 heavy (non-hydrogen) atoms. The Morgan fingerprint density at radius 3 is 2.33 bits per heavy atom. The van der Waals surface area contributed by atoms with Crippen LogP contribution >= 0.6 is 39.1 Å². The van der Waals surface area contributed by atoms with Crippen LogP contribution in [-0.2, 0) is 9.53 Å². The molecule has 0 N–H and O–H groups in total. The number of rotatable bonds is 4. The average Bonchev–Trinajstić information content (AvgIpc) is 2.29. The van der Waals surface area contributed by atoms with E-state index >= 15 is 0 Å². The molecule has 1 aromatic carbocycles. The van der Waals surface area contributed by atoms with Crippen LogP contribution in [0.15, 0.2) is 16.6 Å². The van der Waals surface area contributed by atoms with Crippen LogP contribution in [0.1, 0.15) is 45.1 Å². The highest BCUT2D eigenvalue weighted by atomic mass is 79.9. The van der Waals surface area contributed by atoms with Gasteiger partial charge in [-0.2, -0.15) is 5.26 Å². The Bertz CT molecular complexity index is 553. The van der Waals surface area contributed by atoms with E-state index in [4.69, 9.17) is 27.9 Å². The number of nitrogens with zero attached hydrogens (tertiary/aromatic N) is 1. The van der Waals surface area contributed by atoms with Crippen molar-refractivity contribution < 1.29 is 9.53 Å². The number of halogens is 3. The van der Waals surface area contributed by atoms with Crippen LogP contribution in [0.2, 0.25) is 10.0 Å². The van der Waals surface area contributed by atoms with Gasteiger partial charge in [-0.1, -0.05) is 39.1 Å². The number of carbonyl (C=O) groups excluding carboxylic acids is 1. The van der Waals surface area contributed by atoms with Crippen molar-refractivity contribution in [3.8, 4) is 6.07 Å². The molecule has 0 aliphatic carbocycles. The zero-order chi connectivity index (χ0) is 16.2. The zero-order valence-electron chi connectivity index (χ0n) is 12.0. The lowest BCUT2D eigenvalue weighted by molar-refractivity contribution is -0.154. The highest BCUT2D eigenvalue weighted by Crippen LogP contribution is 2.36. The molecule has 1 rings (SSSR count). The number of hydrogen-bond acceptors (Lipinski definition) is 3. The van der Waals surface area contributed by atoms with Crippen LogP contribution in [-0.4, -0.2) is 11.6 Å².